The van der Waals surface area contributed by atoms with Crippen molar-refractivity contribution >= 4 is 76.0 Å². The molecule has 0 saturated carbocycles. The van der Waals surface area contributed by atoms with Crippen molar-refractivity contribution in [1.29, 1.82) is 0 Å². The van der Waals surface area contributed by atoms with Crippen LogP contribution in [0.15, 0.2) is 72.8 Å². The van der Waals surface area contributed by atoms with E-state index in [1.165, 1.54) is 88.1 Å². The number of methoxy groups -OCH3 is 3. The Hall–Kier alpha value is -8.73. The Morgan fingerprint density at radius 1 is 0.484 bits per heavy atom. The molecule has 4 rings (SSSR count). The van der Waals surface area contributed by atoms with Crippen molar-refractivity contribution in [2.24, 2.45) is 11.5 Å². The van der Waals surface area contributed by atoms with Crippen molar-refractivity contribution in [2.75, 3.05) is 75.4 Å². The van der Waals surface area contributed by atoms with Gasteiger partial charge in [0.25, 0.3) is 23.6 Å². The summed E-state index contributed by atoms with van der Waals surface area (Å²) in [6.45, 7) is -2.81. The van der Waals surface area contributed by atoms with Crippen molar-refractivity contribution in [3.8, 4) is 23.0 Å². The number of nitrogens with one attached hydrogen (secondary N) is 7. The summed E-state index contributed by atoms with van der Waals surface area (Å²) in [6.07, 6.45) is 0. The van der Waals surface area contributed by atoms with E-state index in [0.29, 0.717) is 0 Å². The lowest BCUT2D eigenvalue weighted by molar-refractivity contribution is -0.139. The Morgan fingerprint density at radius 3 is 1.12 bits per heavy atom. The second-order valence-corrected chi connectivity index (χ2v) is 12.9. The maximum atomic E-state index is 13.2. The molecule has 0 aliphatic rings. The topological polar surface area (TPSA) is 347 Å². The van der Waals surface area contributed by atoms with Crippen LogP contribution in [-0.4, -0.2) is 112 Å². The summed E-state index contributed by atoms with van der Waals surface area (Å²) >= 11 is 0. The van der Waals surface area contributed by atoms with Crippen molar-refractivity contribution in [3.63, 3.8) is 0 Å². The summed E-state index contributed by atoms with van der Waals surface area (Å²) in [5.41, 5.74) is 11.0. The van der Waals surface area contributed by atoms with Crippen LogP contribution in [0.3, 0.4) is 0 Å². The SMILES string of the molecule is COc1ccc(NC(=O)CNC(=O)c2cc(NC(=O)CNC(=O)c3cc(NC(=O)CNC(=O)c4cc(NC(=O)CN)ccc4OC)ccc3OC)ccc2OCC(=O)O)cc1C(N)=O. The molecular formula is C41H43N9O14. The summed E-state index contributed by atoms with van der Waals surface area (Å²) in [5, 5.41) is 26.4. The predicted octanol–water partition coefficient (Wildman–Crippen LogP) is 0.277. The monoisotopic (exact) mass is 885 g/mol. The van der Waals surface area contributed by atoms with Gasteiger partial charge in [-0.05, 0) is 72.8 Å². The second-order valence-electron chi connectivity index (χ2n) is 12.9. The molecule has 0 aliphatic heterocycles. The van der Waals surface area contributed by atoms with E-state index in [2.05, 4.69) is 37.2 Å². The number of amides is 8. The third-order valence-corrected chi connectivity index (χ3v) is 8.48. The number of hydrogen-bond acceptors (Lipinski definition) is 14. The summed E-state index contributed by atoms with van der Waals surface area (Å²) in [5.74, 6) is -6.95. The zero-order chi connectivity index (χ0) is 46.9. The van der Waals surface area contributed by atoms with Crippen molar-refractivity contribution in [3.05, 3.63) is 95.1 Å². The molecule has 23 heteroatoms. The highest BCUT2D eigenvalue weighted by Gasteiger charge is 2.20. The first-order chi connectivity index (χ1) is 30.5. The van der Waals surface area contributed by atoms with Crippen molar-refractivity contribution < 1.29 is 67.2 Å². The number of carbonyl (C=O) groups is 9. The molecule has 4 aromatic rings. The normalized spacial score (nSPS) is 10.2. The van der Waals surface area contributed by atoms with E-state index in [1.54, 1.807) is 0 Å². The molecule has 0 atom stereocenters. The summed E-state index contributed by atoms with van der Waals surface area (Å²) in [7, 11) is 3.97. The van der Waals surface area contributed by atoms with E-state index >= 15 is 0 Å². The molecule has 4 aromatic carbocycles. The predicted molar refractivity (Wildman–Crippen MR) is 228 cm³/mol. The average Bonchev–Trinajstić information content (AvgIpc) is 3.28. The van der Waals surface area contributed by atoms with Gasteiger partial charge in [0.15, 0.2) is 6.61 Å². The molecule has 336 valence electrons. The zero-order valence-corrected chi connectivity index (χ0v) is 34.4. The van der Waals surface area contributed by atoms with Gasteiger partial charge in [0.05, 0.1) is 69.8 Å². The van der Waals surface area contributed by atoms with Gasteiger partial charge >= 0.3 is 5.97 Å². The number of aliphatic carboxylic acids is 1. The number of ether oxygens (including phenoxy) is 4. The van der Waals surface area contributed by atoms with Gasteiger partial charge in [-0.3, -0.25) is 38.4 Å². The first-order valence-electron chi connectivity index (χ1n) is 18.6. The van der Waals surface area contributed by atoms with Crippen LogP contribution in [0, 0.1) is 0 Å². The number of anilines is 4. The molecule has 0 unspecified atom stereocenters. The van der Waals surface area contributed by atoms with Crippen LogP contribution in [0.4, 0.5) is 22.7 Å². The first kappa shape index (κ1) is 47.9. The molecule has 0 bridgehead atoms. The highest BCUT2D eigenvalue weighted by atomic mass is 16.5. The van der Waals surface area contributed by atoms with Gasteiger partial charge in [-0.15, -0.1) is 0 Å². The van der Waals surface area contributed by atoms with Crippen LogP contribution in [0.2, 0.25) is 0 Å². The summed E-state index contributed by atoms with van der Waals surface area (Å²) in [6, 6.07) is 16.2. The van der Waals surface area contributed by atoms with Crippen LogP contribution in [-0.2, 0) is 24.0 Å². The number of nitrogens with two attached hydrogens (primary N) is 2. The molecule has 0 heterocycles. The first-order valence-corrected chi connectivity index (χ1v) is 18.6. The van der Waals surface area contributed by atoms with Gasteiger partial charge in [0, 0.05) is 22.7 Å². The Labute approximate surface area is 363 Å². The van der Waals surface area contributed by atoms with E-state index < -0.39 is 79.5 Å². The molecule has 0 aliphatic carbocycles. The zero-order valence-electron chi connectivity index (χ0n) is 34.4. The van der Waals surface area contributed by atoms with Crippen LogP contribution in [0.1, 0.15) is 41.4 Å². The molecule has 0 fully saturated rings. The van der Waals surface area contributed by atoms with E-state index in [9.17, 15) is 43.2 Å². The Kier molecular flexibility index (Phi) is 17.0. The maximum Gasteiger partial charge on any atom is 0.341 e. The van der Waals surface area contributed by atoms with Gasteiger partial charge in [-0.1, -0.05) is 0 Å². The van der Waals surface area contributed by atoms with E-state index in [4.69, 9.17) is 35.5 Å². The highest BCUT2D eigenvalue weighted by molar-refractivity contribution is 6.06. The maximum absolute atomic E-state index is 13.2. The standard InChI is InChI=1S/C41H43N9O14/c1-61-29-8-4-21(12-25(29)38(43)57)48-34(52)19-46-41(60)28-15-24(7-11-32(28)64-20-37(55)56)50-36(54)18-45-40(59)27-14-23(6-10-31(27)63-3)49-35(53)17-44-39(58)26-13-22(47-33(51)16-42)5-9-30(26)62-2/h4-15H,16-20,42H2,1-3H3,(H2,43,57)(H,44,58)(H,45,59)(H,46,60)(H,47,51)(H,48,52)(H,49,53)(H,50,54)(H,55,56). The van der Waals surface area contributed by atoms with E-state index in [-0.39, 0.29) is 74.5 Å². The average molecular weight is 886 g/mol. The van der Waals surface area contributed by atoms with Gasteiger partial charge < -0.3 is 72.7 Å². The lowest BCUT2D eigenvalue weighted by Gasteiger charge is -2.14. The Bertz CT molecular complexity index is 2480. The molecule has 8 amide bonds. The fraction of sp³-hybridized carbons (Fsp3) is 0.195. The third kappa shape index (κ3) is 13.6. The van der Waals surface area contributed by atoms with Crippen LogP contribution in [0.5, 0.6) is 23.0 Å². The Morgan fingerprint density at radius 2 is 0.797 bits per heavy atom. The molecule has 12 N–H and O–H groups in total. The molecule has 0 aromatic heterocycles. The van der Waals surface area contributed by atoms with E-state index in [0.717, 1.165) is 6.07 Å². The van der Waals surface area contributed by atoms with Crippen LogP contribution >= 0.6 is 0 Å². The van der Waals surface area contributed by atoms with Crippen molar-refractivity contribution in [2.45, 2.75) is 0 Å². The number of rotatable bonds is 21. The largest absolute Gasteiger partial charge is 0.496 e. The molecule has 23 nitrogen and oxygen atoms in total. The minimum absolute atomic E-state index is 0.000512. The molecular weight excluding hydrogens is 842 g/mol. The van der Waals surface area contributed by atoms with Crippen LogP contribution in [0.25, 0.3) is 0 Å². The fourth-order valence-electron chi connectivity index (χ4n) is 5.55. The molecule has 0 spiro atoms. The number of hydrogen-bond donors (Lipinski definition) is 10. The third-order valence-electron chi connectivity index (χ3n) is 8.48. The molecule has 64 heavy (non-hydrogen) atoms. The fourth-order valence-corrected chi connectivity index (χ4v) is 5.55. The van der Waals surface area contributed by atoms with Gasteiger partial charge in [0.1, 0.15) is 23.0 Å². The second kappa shape index (κ2) is 22.8. The summed E-state index contributed by atoms with van der Waals surface area (Å²) in [4.78, 5) is 112. The minimum Gasteiger partial charge on any atom is -0.496 e. The highest BCUT2D eigenvalue weighted by Crippen LogP contribution is 2.26. The number of benzene rings is 4. The molecule has 0 radical (unpaired) electrons. The quantitative estimate of drug-likeness (QED) is 0.0537. The Balaban J connectivity index is 1.37. The lowest BCUT2D eigenvalue weighted by Crippen LogP contribution is -2.34. The van der Waals surface area contributed by atoms with Gasteiger partial charge in [-0.2, -0.15) is 0 Å². The lowest BCUT2D eigenvalue weighted by atomic mass is 10.1. The smallest absolute Gasteiger partial charge is 0.341 e. The number of carboxylic acids is 1. The number of carbonyl (C=O) groups excluding carboxylic acids is 8. The van der Waals surface area contributed by atoms with Crippen molar-refractivity contribution in [1.82, 2.24) is 16.0 Å². The van der Waals surface area contributed by atoms with Gasteiger partial charge in [-0.25, -0.2) is 4.79 Å². The summed E-state index contributed by atoms with van der Waals surface area (Å²) < 4.78 is 20.8. The van der Waals surface area contributed by atoms with Crippen LogP contribution < -0.4 is 67.6 Å². The van der Waals surface area contributed by atoms with E-state index in [1.807, 2.05) is 0 Å². The van der Waals surface area contributed by atoms with Gasteiger partial charge in [0.2, 0.25) is 23.6 Å². The number of carboxylic acid groups (broad SMARTS) is 1. The molecule has 0 saturated heterocycles. The number of primary amides is 1. The minimum atomic E-state index is -1.35.